The van der Waals surface area contributed by atoms with Crippen LogP contribution >= 0.6 is 11.8 Å². The van der Waals surface area contributed by atoms with Gasteiger partial charge < -0.3 is 31.8 Å². The Hall–Kier alpha value is -3.05. The van der Waals surface area contributed by atoms with Gasteiger partial charge in [0, 0.05) is 23.5 Å². The number of benzene rings is 1. The molecule has 7 N–H and O–H groups in total. The lowest BCUT2D eigenvalue weighted by atomic mass is 10.0. The third-order valence-electron chi connectivity index (χ3n) is 5.47. The van der Waals surface area contributed by atoms with E-state index in [-0.39, 0.29) is 12.3 Å². The summed E-state index contributed by atoms with van der Waals surface area (Å²) in [4.78, 5) is 52.4. The molecule has 0 aliphatic rings. The van der Waals surface area contributed by atoms with Gasteiger partial charge in [0.25, 0.3) is 0 Å². The topological polar surface area (TPSA) is 166 Å². The van der Waals surface area contributed by atoms with Crippen LogP contribution in [0.4, 0.5) is 0 Å². The second kappa shape index (κ2) is 13.7. The highest BCUT2D eigenvalue weighted by molar-refractivity contribution is 7.98. The summed E-state index contributed by atoms with van der Waals surface area (Å²) < 4.78 is 0. The number of carbonyl (C=O) groups excluding carboxylic acids is 3. The number of thioether (sulfide) groups is 1. The number of carbonyl (C=O) groups is 4. The van der Waals surface area contributed by atoms with Crippen LogP contribution in [0.25, 0.3) is 10.9 Å². The molecule has 3 unspecified atom stereocenters. The molecule has 0 fully saturated rings. The molecule has 192 valence electrons. The Morgan fingerprint density at radius 3 is 2.46 bits per heavy atom. The summed E-state index contributed by atoms with van der Waals surface area (Å²) >= 11 is 1.58. The van der Waals surface area contributed by atoms with E-state index in [1.54, 1.807) is 18.0 Å². The Bertz CT molecular complexity index is 1020. The first kappa shape index (κ1) is 28.2. The highest BCUT2D eigenvalue weighted by Crippen LogP contribution is 2.19. The summed E-state index contributed by atoms with van der Waals surface area (Å²) in [5, 5.41) is 18.1. The molecule has 3 amide bonds. The van der Waals surface area contributed by atoms with Crippen LogP contribution in [0.5, 0.6) is 0 Å². The second-order valence-corrected chi connectivity index (χ2v) is 9.80. The van der Waals surface area contributed by atoms with E-state index in [0.29, 0.717) is 12.8 Å². The van der Waals surface area contributed by atoms with Crippen LogP contribution in [0.3, 0.4) is 0 Å². The summed E-state index contributed by atoms with van der Waals surface area (Å²) in [6, 6.07) is 4.73. The fourth-order valence-electron chi connectivity index (χ4n) is 3.61. The first-order chi connectivity index (χ1) is 16.6. The number of aliphatic carboxylic acids is 1. The zero-order chi connectivity index (χ0) is 26.0. The third kappa shape index (κ3) is 8.91. The molecule has 3 atom stereocenters. The number of nitrogens with one attached hydrogen (secondary N) is 4. The largest absolute Gasteiger partial charge is 0.480 e. The van der Waals surface area contributed by atoms with Crippen LogP contribution in [0.2, 0.25) is 0 Å². The minimum Gasteiger partial charge on any atom is -0.480 e. The van der Waals surface area contributed by atoms with E-state index in [1.807, 2.05) is 44.4 Å². The number of H-pyrrole nitrogens is 1. The maximum atomic E-state index is 12.7. The summed E-state index contributed by atoms with van der Waals surface area (Å²) in [6.07, 6.45) is 4.57. The van der Waals surface area contributed by atoms with Gasteiger partial charge in [0.1, 0.15) is 12.1 Å². The van der Waals surface area contributed by atoms with Gasteiger partial charge in [0.05, 0.1) is 12.6 Å². The quantitative estimate of drug-likeness (QED) is 0.223. The van der Waals surface area contributed by atoms with Crippen molar-refractivity contribution in [3.05, 3.63) is 36.0 Å². The van der Waals surface area contributed by atoms with Crippen molar-refractivity contribution in [3.63, 3.8) is 0 Å². The van der Waals surface area contributed by atoms with Crippen molar-refractivity contribution in [1.29, 1.82) is 0 Å². The summed E-state index contributed by atoms with van der Waals surface area (Å²) in [6.45, 7) is 3.41. The first-order valence-electron chi connectivity index (χ1n) is 11.5. The smallest absolute Gasteiger partial charge is 0.326 e. The maximum Gasteiger partial charge on any atom is 0.326 e. The molecule has 1 aromatic carbocycles. The Morgan fingerprint density at radius 1 is 1.09 bits per heavy atom. The van der Waals surface area contributed by atoms with Crippen molar-refractivity contribution in [2.75, 3.05) is 18.6 Å². The van der Waals surface area contributed by atoms with Crippen molar-refractivity contribution >= 4 is 46.4 Å². The van der Waals surface area contributed by atoms with E-state index in [2.05, 4.69) is 20.9 Å². The van der Waals surface area contributed by atoms with Gasteiger partial charge in [0.2, 0.25) is 17.7 Å². The number of hydrogen-bond donors (Lipinski definition) is 6. The Labute approximate surface area is 209 Å². The molecule has 0 saturated heterocycles. The Morgan fingerprint density at radius 2 is 1.80 bits per heavy atom. The Balaban J connectivity index is 1.94. The lowest BCUT2D eigenvalue weighted by molar-refractivity contribution is -0.141. The minimum atomic E-state index is -1.18. The molecule has 35 heavy (non-hydrogen) atoms. The molecule has 11 heteroatoms. The van der Waals surface area contributed by atoms with Gasteiger partial charge in [-0.1, -0.05) is 32.0 Å². The van der Waals surface area contributed by atoms with Gasteiger partial charge in [-0.15, -0.1) is 0 Å². The average Bonchev–Trinajstić information content (AvgIpc) is 3.22. The highest BCUT2D eigenvalue weighted by atomic mass is 32.2. The summed E-state index contributed by atoms with van der Waals surface area (Å²) in [7, 11) is 0. The van der Waals surface area contributed by atoms with E-state index in [1.165, 1.54) is 0 Å². The predicted molar refractivity (Wildman–Crippen MR) is 137 cm³/mol. The number of fused-ring (bicyclic) bond motifs is 1. The number of para-hydroxylation sites is 1. The number of aromatic nitrogens is 1. The standard InChI is InChI=1S/C24H35N5O5S/c1-14(2)10-19(29-22(31)17(25)8-9-35-3)23(32)27-13-21(30)28-20(24(33)34)11-15-12-26-18-7-5-4-6-16(15)18/h4-7,12,14,17,19-20,26H,8-11,13,25H2,1-3H3,(H,27,32)(H,28,30)(H,29,31)(H,33,34). The normalized spacial score (nSPS) is 13.7. The monoisotopic (exact) mass is 505 g/mol. The predicted octanol–water partition coefficient (Wildman–Crippen LogP) is 1.01. The molecule has 2 rings (SSSR count). The van der Waals surface area contributed by atoms with Crippen molar-refractivity contribution in [3.8, 4) is 0 Å². The number of nitrogens with two attached hydrogens (primary N) is 1. The van der Waals surface area contributed by atoms with E-state index in [4.69, 9.17) is 5.73 Å². The van der Waals surface area contributed by atoms with Crippen molar-refractivity contribution in [2.45, 2.75) is 51.2 Å². The van der Waals surface area contributed by atoms with Gasteiger partial charge in [-0.05, 0) is 42.4 Å². The van der Waals surface area contributed by atoms with Gasteiger partial charge in [-0.3, -0.25) is 14.4 Å². The van der Waals surface area contributed by atoms with Crippen LogP contribution in [0.1, 0.15) is 32.3 Å². The maximum absolute atomic E-state index is 12.7. The molecule has 0 aliphatic heterocycles. The van der Waals surface area contributed by atoms with Crippen LogP contribution in [0.15, 0.2) is 30.5 Å². The molecule has 10 nitrogen and oxygen atoms in total. The summed E-state index contributed by atoms with van der Waals surface area (Å²) in [5.41, 5.74) is 7.53. The highest BCUT2D eigenvalue weighted by Gasteiger charge is 2.26. The van der Waals surface area contributed by atoms with Crippen LogP contribution in [0, 0.1) is 5.92 Å². The van der Waals surface area contributed by atoms with Gasteiger partial charge in [-0.25, -0.2) is 4.79 Å². The molecule has 0 saturated carbocycles. The number of hydrogen-bond acceptors (Lipinski definition) is 6. The SMILES string of the molecule is CSCCC(N)C(=O)NC(CC(C)C)C(=O)NCC(=O)NC(Cc1c[nH]c2ccccc12)C(=O)O. The van der Waals surface area contributed by atoms with Gasteiger partial charge in [-0.2, -0.15) is 11.8 Å². The number of carboxylic acids is 1. The van der Waals surface area contributed by atoms with Crippen LogP contribution < -0.4 is 21.7 Å². The molecule has 0 spiro atoms. The van der Waals surface area contributed by atoms with E-state index >= 15 is 0 Å². The first-order valence-corrected chi connectivity index (χ1v) is 12.9. The number of carboxylic acid groups (broad SMARTS) is 1. The van der Waals surface area contributed by atoms with Gasteiger partial charge >= 0.3 is 5.97 Å². The van der Waals surface area contributed by atoms with Crippen LogP contribution in [-0.2, 0) is 25.6 Å². The molecular weight excluding hydrogens is 470 g/mol. The number of aromatic amines is 1. The van der Waals surface area contributed by atoms with E-state index in [0.717, 1.165) is 22.2 Å². The fourth-order valence-corrected chi connectivity index (χ4v) is 4.10. The van der Waals surface area contributed by atoms with E-state index < -0.39 is 48.4 Å². The molecular formula is C24H35N5O5S. The molecule has 0 aliphatic carbocycles. The zero-order valence-electron chi connectivity index (χ0n) is 20.3. The van der Waals surface area contributed by atoms with Crippen molar-refractivity contribution < 1.29 is 24.3 Å². The third-order valence-corrected chi connectivity index (χ3v) is 6.11. The molecule has 2 aromatic rings. The number of amides is 3. The molecule has 0 radical (unpaired) electrons. The summed E-state index contributed by atoms with van der Waals surface area (Å²) in [5.74, 6) is -1.94. The lowest BCUT2D eigenvalue weighted by Gasteiger charge is -2.22. The zero-order valence-corrected chi connectivity index (χ0v) is 21.1. The second-order valence-electron chi connectivity index (χ2n) is 8.82. The lowest BCUT2D eigenvalue weighted by Crippen LogP contribution is -2.54. The molecule has 0 bridgehead atoms. The molecule has 1 heterocycles. The average molecular weight is 506 g/mol. The van der Waals surface area contributed by atoms with Gasteiger partial charge in [0.15, 0.2) is 0 Å². The van der Waals surface area contributed by atoms with E-state index in [9.17, 15) is 24.3 Å². The van der Waals surface area contributed by atoms with Crippen molar-refractivity contribution in [1.82, 2.24) is 20.9 Å². The minimum absolute atomic E-state index is 0.0823. The Kier molecular flexibility index (Phi) is 11.1. The number of rotatable bonds is 14. The van der Waals surface area contributed by atoms with Crippen molar-refractivity contribution in [2.24, 2.45) is 11.7 Å². The fraction of sp³-hybridized carbons (Fsp3) is 0.500. The van der Waals surface area contributed by atoms with Crippen LogP contribution in [-0.4, -0.2) is 70.5 Å². The molecule has 1 aromatic heterocycles.